The van der Waals surface area contributed by atoms with Gasteiger partial charge in [-0.1, -0.05) is 0 Å². The summed E-state index contributed by atoms with van der Waals surface area (Å²) in [5.74, 6) is -1.22. The first-order valence-electron chi connectivity index (χ1n) is 2.42. The zero-order valence-corrected chi connectivity index (χ0v) is 5.89. The molecule has 0 amide bonds. The first-order valence-corrected chi connectivity index (χ1v) is 2.94. The molecule has 0 saturated heterocycles. The van der Waals surface area contributed by atoms with Crippen molar-refractivity contribution >= 4 is 18.6 Å². The number of aliphatic hydroxyl groups is 1. The molecule has 0 aromatic carbocycles. The minimum absolute atomic E-state index is 0.254. The van der Waals surface area contributed by atoms with Crippen LogP contribution in [0.2, 0.25) is 0 Å². The van der Waals surface area contributed by atoms with Gasteiger partial charge in [-0.05, 0) is 6.92 Å². The van der Waals surface area contributed by atoms with E-state index in [9.17, 15) is 4.79 Å². The van der Waals surface area contributed by atoms with Crippen molar-refractivity contribution in [2.24, 2.45) is 0 Å². The Hall–Kier alpha value is -0.640. The third kappa shape index (κ3) is 3.03. The average molecular weight is 148 g/mol. The zero-order chi connectivity index (χ0) is 7.28. The van der Waals surface area contributed by atoms with Gasteiger partial charge in [0.25, 0.3) is 0 Å². The van der Waals surface area contributed by atoms with Crippen LogP contribution < -0.4 is 0 Å². The van der Waals surface area contributed by atoms with Crippen LogP contribution in [-0.4, -0.2) is 17.7 Å². The van der Waals surface area contributed by atoms with Crippen molar-refractivity contribution in [2.45, 2.75) is 6.92 Å². The SMILES string of the molecule is CCOC(=O)/C(O)=C/S. The standard InChI is InChI=1S/C5H8O3S/c1-2-8-5(7)4(6)3-9/h3,6,9H,2H2,1H3/b4-3-. The second-order valence-electron chi connectivity index (χ2n) is 1.23. The van der Waals surface area contributed by atoms with E-state index in [-0.39, 0.29) is 6.61 Å². The quantitative estimate of drug-likeness (QED) is 0.264. The lowest BCUT2D eigenvalue weighted by Crippen LogP contribution is -2.05. The number of carbonyl (C=O) groups excluding carboxylic acids is 1. The Morgan fingerprint density at radius 3 is 2.78 bits per heavy atom. The lowest BCUT2D eigenvalue weighted by molar-refractivity contribution is -0.141. The summed E-state index contributed by atoms with van der Waals surface area (Å²) in [6.45, 7) is 1.91. The third-order valence-corrected chi connectivity index (χ3v) is 0.851. The maximum Gasteiger partial charge on any atom is 0.373 e. The van der Waals surface area contributed by atoms with Gasteiger partial charge in [-0.3, -0.25) is 0 Å². The highest BCUT2D eigenvalue weighted by molar-refractivity contribution is 7.83. The van der Waals surface area contributed by atoms with Gasteiger partial charge < -0.3 is 9.84 Å². The van der Waals surface area contributed by atoms with E-state index in [1.807, 2.05) is 0 Å². The van der Waals surface area contributed by atoms with Gasteiger partial charge in [-0.15, -0.1) is 12.6 Å². The molecule has 0 rings (SSSR count). The van der Waals surface area contributed by atoms with Gasteiger partial charge in [0.1, 0.15) is 0 Å². The topological polar surface area (TPSA) is 46.5 Å². The van der Waals surface area contributed by atoms with Crippen molar-refractivity contribution in [2.75, 3.05) is 6.61 Å². The van der Waals surface area contributed by atoms with E-state index in [2.05, 4.69) is 17.4 Å². The smallest absolute Gasteiger partial charge is 0.373 e. The first kappa shape index (κ1) is 8.36. The molecule has 0 aromatic heterocycles. The zero-order valence-electron chi connectivity index (χ0n) is 5.00. The highest BCUT2D eigenvalue weighted by atomic mass is 32.1. The van der Waals surface area contributed by atoms with E-state index in [4.69, 9.17) is 5.11 Å². The van der Waals surface area contributed by atoms with Crippen LogP contribution in [0.1, 0.15) is 6.92 Å². The van der Waals surface area contributed by atoms with Crippen molar-refractivity contribution < 1.29 is 14.6 Å². The molecule has 0 aliphatic rings. The van der Waals surface area contributed by atoms with E-state index in [0.29, 0.717) is 0 Å². The summed E-state index contributed by atoms with van der Waals surface area (Å²) in [4.78, 5) is 10.4. The Kier molecular flexibility index (Phi) is 3.96. The molecule has 3 nitrogen and oxygen atoms in total. The van der Waals surface area contributed by atoms with E-state index in [1.54, 1.807) is 6.92 Å². The molecule has 0 bridgehead atoms. The Balaban J connectivity index is 3.74. The van der Waals surface area contributed by atoms with Gasteiger partial charge in [0, 0.05) is 5.41 Å². The maximum atomic E-state index is 10.4. The highest BCUT2D eigenvalue weighted by Gasteiger charge is 2.04. The summed E-state index contributed by atoms with van der Waals surface area (Å²) in [5.41, 5.74) is 0. The second-order valence-corrected chi connectivity index (χ2v) is 1.49. The van der Waals surface area contributed by atoms with Crippen molar-refractivity contribution in [1.29, 1.82) is 0 Å². The molecule has 0 aliphatic heterocycles. The fourth-order valence-corrected chi connectivity index (χ4v) is 0.363. The van der Waals surface area contributed by atoms with Crippen LogP contribution in [0, 0.1) is 0 Å². The Morgan fingerprint density at radius 1 is 1.89 bits per heavy atom. The molecule has 0 aliphatic carbocycles. The molecule has 1 N–H and O–H groups in total. The molecular formula is C5H8O3S. The number of hydrogen-bond donors (Lipinski definition) is 2. The Labute approximate surface area is 58.7 Å². The van der Waals surface area contributed by atoms with Gasteiger partial charge >= 0.3 is 5.97 Å². The molecule has 52 valence electrons. The van der Waals surface area contributed by atoms with Crippen molar-refractivity contribution in [3.8, 4) is 0 Å². The maximum absolute atomic E-state index is 10.4. The van der Waals surface area contributed by atoms with Crippen molar-refractivity contribution in [1.82, 2.24) is 0 Å². The molecule has 0 radical (unpaired) electrons. The predicted molar refractivity (Wildman–Crippen MR) is 36.3 cm³/mol. The fourth-order valence-electron chi connectivity index (χ4n) is 0.258. The van der Waals surface area contributed by atoms with Gasteiger partial charge in [-0.25, -0.2) is 4.79 Å². The second kappa shape index (κ2) is 4.26. The van der Waals surface area contributed by atoms with Gasteiger partial charge in [0.05, 0.1) is 6.61 Å². The summed E-state index contributed by atoms with van der Waals surface area (Å²) in [6.07, 6.45) is 0. The number of esters is 1. The number of rotatable bonds is 2. The summed E-state index contributed by atoms with van der Waals surface area (Å²) >= 11 is 3.53. The lowest BCUT2D eigenvalue weighted by Gasteiger charge is -1.96. The summed E-state index contributed by atoms with van der Waals surface area (Å²) in [5, 5.41) is 9.55. The molecule has 0 spiro atoms. The monoisotopic (exact) mass is 148 g/mol. The lowest BCUT2D eigenvalue weighted by atomic mass is 10.6. The van der Waals surface area contributed by atoms with E-state index < -0.39 is 11.7 Å². The van der Waals surface area contributed by atoms with Crippen LogP contribution in [0.25, 0.3) is 0 Å². The average Bonchev–Trinajstić information content (AvgIpc) is 1.87. The van der Waals surface area contributed by atoms with Crippen molar-refractivity contribution in [3.05, 3.63) is 11.2 Å². The van der Waals surface area contributed by atoms with Crippen LogP contribution in [0.15, 0.2) is 11.2 Å². The minimum atomic E-state index is -0.743. The molecule has 0 saturated carbocycles. The third-order valence-electron chi connectivity index (χ3n) is 0.607. The fraction of sp³-hybridized carbons (Fsp3) is 0.400. The van der Waals surface area contributed by atoms with Crippen LogP contribution in [0.4, 0.5) is 0 Å². The molecule has 0 unspecified atom stereocenters. The molecule has 9 heavy (non-hydrogen) atoms. The van der Waals surface area contributed by atoms with Gasteiger partial charge in [-0.2, -0.15) is 0 Å². The van der Waals surface area contributed by atoms with E-state index in [0.717, 1.165) is 5.41 Å². The molecule has 0 aromatic rings. The van der Waals surface area contributed by atoms with Gasteiger partial charge in [0.15, 0.2) is 0 Å². The molecule has 4 heteroatoms. The van der Waals surface area contributed by atoms with Crippen LogP contribution in [0.5, 0.6) is 0 Å². The molecule has 0 heterocycles. The van der Waals surface area contributed by atoms with Crippen LogP contribution in [-0.2, 0) is 9.53 Å². The molecular weight excluding hydrogens is 140 g/mol. The summed E-state index contributed by atoms with van der Waals surface area (Å²) in [7, 11) is 0. The number of aliphatic hydroxyl groups excluding tert-OH is 1. The number of thiol groups is 1. The highest BCUT2D eigenvalue weighted by Crippen LogP contribution is 1.93. The normalized spacial score (nSPS) is 11.1. The summed E-state index contributed by atoms with van der Waals surface area (Å²) < 4.78 is 4.39. The number of ether oxygens (including phenoxy) is 1. The van der Waals surface area contributed by atoms with E-state index in [1.165, 1.54) is 0 Å². The Bertz CT molecular complexity index is 130. The first-order chi connectivity index (χ1) is 4.22. The molecule has 0 atom stereocenters. The van der Waals surface area contributed by atoms with Crippen LogP contribution in [0.3, 0.4) is 0 Å². The number of hydrogen-bond acceptors (Lipinski definition) is 4. The minimum Gasteiger partial charge on any atom is -0.501 e. The van der Waals surface area contributed by atoms with Crippen molar-refractivity contribution in [3.63, 3.8) is 0 Å². The number of carbonyl (C=O) groups is 1. The summed E-state index contributed by atoms with van der Waals surface area (Å²) in [6, 6.07) is 0. The van der Waals surface area contributed by atoms with Gasteiger partial charge in [0.2, 0.25) is 5.76 Å². The Morgan fingerprint density at radius 2 is 2.44 bits per heavy atom. The molecule has 0 fully saturated rings. The predicted octanol–water partition coefficient (Wildman–Crippen LogP) is 0.879. The van der Waals surface area contributed by atoms with E-state index >= 15 is 0 Å². The largest absolute Gasteiger partial charge is 0.501 e. The van der Waals surface area contributed by atoms with Crippen LogP contribution >= 0.6 is 12.6 Å².